The molecule has 0 aliphatic carbocycles. The summed E-state index contributed by atoms with van der Waals surface area (Å²) in [5.74, 6) is 1.02. The van der Waals surface area contributed by atoms with Gasteiger partial charge in [0.15, 0.2) is 11.5 Å². The lowest BCUT2D eigenvalue weighted by Crippen LogP contribution is -2.49. The zero-order chi connectivity index (χ0) is 23.2. The van der Waals surface area contributed by atoms with Gasteiger partial charge in [0.05, 0.1) is 5.39 Å². The quantitative estimate of drug-likeness (QED) is 0.544. The molecule has 0 unspecified atom stereocenters. The fourth-order valence-corrected chi connectivity index (χ4v) is 3.93. The average Bonchev–Trinajstić information content (AvgIpc) is 3.14. The largest absolute Gasteiger partial charge is 0.492 e. The van der Waals surface area contributed by atoms with Crippen molar-refractivity contribution in [3.63, 3.8) is 0 Å². The molecule has 1 aromatic carbocycles. The molecule has 10 heteroatoms. The number of halogens is 1. The standard InChI is InChI=1S/C23H27ClN6O3/c1-28-23-19(3-2-10-25-23)22(27-28)26-20(31)8-9-21(32)30-13-11-29(12-14-30)15-16-33-18-6-4-17(24)5-7-18/h2-7,10H,8-9,11-16H2,1H3,(H,26,27,31). The van der Waals surface area contributed by atoms with Gasteiger partial charge in [-0.25, -0.2) is 9.67 Å². The zero-order valence-electron chi connectivity index (χ0n) is 18.5. The Bertz CT molecular complexity index is 1110. The fraction of sp³-hybridized carbons (Fsp3) is 0.391. The molecule has 3 aromatic rings. The number of carbonyl (C=O) groups excluding carboxylic acids is 2. The van der Waals surface area contributed by atoms with E-state index in [4.69, 9.17) is 16.3 Å². The third-order valence-corrected chi connectivity index (χ3v) is 5.89. The van der Waals surface area contributed by atoms with Gasteiger partial charge in [0.25, 0.3) is 0 Å². The van der Waals surface area contributed by atoms with Crippen LogP contribution in [0.3, 0.4) is 0 Å². The van der Waals surface area contributed by atoms with Crippen molar-refractivity contribution in [3.05, 3.63) is 47.6 Å². The number of hydrogen-bond acceptors (Lipinski definition) is 6. The van der Waals surface area contributed by atoms with Crippen LogP contribution in [0.4, 0.5) is 5.82 Å². The number of fused-ring (bicyclic) bond motifs is 1. The maximum atomic E-state index is 12.6. The molecule has 2 amide bonds. The highest BCUT2D eigenvalue weighted by molar-refractivity contribution is 6.30. The minimum absolute atomic E-state index is 0.00485. The number of piperazine rings is 1. The molecule has 3 heterocycles. The molecule has 9 nitrogen and oxygen atoms in total. The van der Waals surface area contributed by atoms with Crippen LogP contribution in [-0.2, 0) is 16.6 Å². The number of amides is 2. The maximum Gasteiger partial charge on any atom is 0.226 e. The molecule has 1 saturated heterocycles. The number of aryl methyl sites for hydroxylation is 1. The highest BCUT2D eigenvalue weighted by Crippen LogP contribution is 2.20. The van der Waals surface area contributed by atoms with Gasteiger partial charge < -0.3 is 15.0 Å². The van der Waals surface area contributed by atoms with Gasteiger partial charge in [0, 0.05) is 63.8 Å². The first-order valence-corrected chi connectivity index (χ1v) is 11.3. The van der Waals surface area contributed by atoms with Crippen LogP contribution in [0.2, 0.25) is 5.02 Å². The minimum Gasteiger partial charge on any atom is -0.492 e. The van der Waals surface area contributed by atoms with E-state index in [0.29, 0.717) is 36.2 Å². The average molecular weight is 471 g/mol. The maximum absolute atomic E-state index is 12.6. The third kappa shape index (κ3) is 6.00. The number of carbonyl (C=O) groups is 2. The van der Waals surface area contributed by atoms with E-state index in [1.807, 2.05) is 23.1 Å². The Balaban J connectivity index is 1.16. The van der Waals surface area contributed by atoms with Crippen LogP contribution < -0.4 is 10.1 Å². The number of benzene rings is 1. The summed E-state index contributed by atoms with van der Waals surface area (Å²) < 4.78 is 7.37. The van der Waals surface area contributed by atoms with Crippen molar-refractivity contribution in [1.82, 2.24) is 24.6 Å². The lowest BCUT2D eigenvalue weighted by Gasteiger charge is -2.34. The van der Waals surface area contributed by atoms with Gasteiger partial charge in [-0.1, -0.05) is 11.6 Å². The smallest absolute Gasteiger partial charge is 0.226 e. The predicted octanol–water partition coefficient (Wildman–Crippen LogP) is 2.56. The summed E-state index contributed by atoms with van der Waals surface area (Å²) >= 11 is 5.88. The van der Waals surface area contributed by atoms with E-state index in [1.54, 1.807) is 36.1 Å². The Morgan fingerprint density at radius 2 is 1.85 bits per heavy atom. The molecule has 4 rings (SSSR count). The number of nitrogens with one attached hydrogen (secondary N) is 1. The van der Waals surface area contributed by atoms with E-state index < -0.39 is 0 Å². The van der Waals surface area contributed by atoms with E-state index >= 15 is 0 Å². The number of hydrogen-bond donors (Lipinski definition) is 1. The molecule has 0 radical (unpaired) electrons. The molecule has 0 spiro atoms. The zero-order valence-corrected chi connectivity index (χ0v) is 19.3. The van der Waals surface area contributed by atoms with Crippen molar-refractivity contribution in [1.29, 1.82) is 0 Å². The second-order valence-corrected chi connectivity index (χ2v) is 8.36. The number of nitrogens with zero attached hydrogens (tertiary/aromatic N) is 5. The van der Waals surface area contributed by atoms with Gasteiger partial charge >= 0.3 is 0 Å². The number of rotatable bonds is 8. The molecule has 1 fully saturated rings. The predicted molar refractivity (Wildman–Crippen MR) is 126 cm³/mol. The Kier molecular flexibility index (Phi) is 7.41. The highest BCUT2D eigenvalue weighted by Gasteiger charge is 2.22. The third-order valence-electron chi connectivity index (χ3n) is 5.64. The number of aromatic nitrogens is 3. The molecular weight excluding hydrogens is 444 g/mol. The topological polar surface area (TPSA) is 92.6 Å². The van der Waals surface area contributed by atoms with Crippen molar-refractivity contribution < 1.29 is 14.3 Å². The van der Waals surface area contributed by atoms with Gasteiger partial charge in [-0.3, -0.25) is 14.5 Å². The van der Waals surface area contributed by atoms with Crippen molar-refractivity contribution in [2.45, 2.75) is 12.8 Å². The van der Waals surface area contributed by atoms with Crippen molar-refractivity contribution in [2.24, 2.45) is 7.05 Å². The summed E-state index contributed by atoms with van der Waals surface area (Å²) in [5.41, 5.74) is 0.695. The van der Waals surface area contributed by atoms with E-state index in [-0.39, 0.29) is 24.7 Å². The lowest BCUT2D eigenvalue weighted by atomic mass is 10.2. The summed E-state index contributed by atoms with van der Waals surface area (Å²) in [6, 6.07) is 11.0. The molecule has 2 aromatic heterocycles. The van der Waals surface area contributed by atoms with Gasteiger partial charge in [0.2, 0.25) is 11.8 Å². The van der Waals surface area contributed by atoms with E-state index in [1.165, 1.54) is 0 Å². The molecule has 1 N–H and O–H groups in total. The van der Waals surface area contributed by atoms with Crippen LogP contribution in [0.15, 0.2) is 42.6 Å². The Morgan fingerprint density at radius 1 is 1.09 bits per heavy atom. The first-order chi connectivity index (χ1) is 16.0. The van der Waals surface area contributed by atoms with Crippen LogP contribution in [0.5, 0.6) is 5.75 Å². The summed E-state index contributed by atoms with van der Waals surface area (Å²) in [5, 5.41) is 8.56. The van der Waals surface area contributed by atoms with Crippen LogP contribution in [0, 0.1) is 0 Å². The molecular formula is C23H27ClN6O3. The Morgan fingerprint density at radius 3 is 2.61 bits per heavy atom. The monoisotopic (exact) mass is 470 g/mol. The summed E-state index contributed by atoms with van der Waals surface area (Å²) in [6.07, 6.45) is 1.97. The van der Waals surface area contributed by atoms with Crippen LogP contribution in [0.1, 0.15) is 12.8 Å². The highest BCUT2D eigenvalue weighted by atomic mass is 35.5. The summed E-state index contributed by atoms with van der Waals surface area (Å²) in [4.78, 5) is 33.3. The minimum atomic E-state index is -0.231. The van der Waals surface area contributed by atoms with Gasteiger partial charge in [0.1, 0.15) is 12.4 Å². The second kappa shape index (κ2) is 10.6. The number of ether oxygens (including phenoxy) is 1. The molecule has 0 saturated carbocycles. The molecule has 0 atom stereocenters. The van der Waals surface area contributed by atoms with Crippen LogP contribution in [0.25, 0.3) is 11.0 Å². The van der Waals surface area contributed by atoms with Crippen molar-refractivity contribution >= 4 is 40.3 Å². The number of anilines is 1. The molecule has 174 valence electrons. The van der Waals surface area contributed by atoms with Crippen LogP contribution >= 0.6 is 11.6 Å². The molecule has 1 aliphatic rings. The van der Waals surface area contributed by atoms with Crippen molar-refractivity contribution in [2.75, 3.05) is 44.6 Å². The Hall–Kier alpha value is -3.17. The fourth-order valence-electron chi connectivity index (χ4n) is 3.80. The molecule has 0 bridgehead atoms. The van der Waals surface area contributed by atoms with Crippen molar-refractivity contribution in [3.8, 4) is 5.75 Å². The second-order valence-electron chi connectivity index (χ2n) is 7.92. The molecule has 1 aliphatic heterocycles. The normalized spacial score (nSPS) is 14.4. The molecule has 33 heavy (non-hydrogen) atoms. The van der Waals surface area contributed by atoms with E-state index in [9.17, 15) is 9.59 Å². The number of pyridine rings is 1. The SMILES string of the molecule is Cn1nc(NC(=O)CCC(=O)N2CCN(CCOc3ccc(Cl)cc3)CC2)c2cccnc21. The van der Waals surface area contributed by atoms with Crippen LogP contribution in [-0.4, -0.2) is 75.7 Å². The van der Waals surface area contributed by atoms with Gasteiger partial charge in [-0.05, 0) is 36.4 Å². The first-order valence-electron chi connectivity index (χ1n) is 11.0. The summed E-state index contributed by atoms with van der Waals surface area (Å²) in [6.45, 7) is 4.24. The van der Waals surface area contributed by atoms with E-state index in [2.05, 4.69) is 20.3 Å². The summed E-state index contributed by atoms with van der Waals surface area (Å²) in [7, 11) is 1.78. The lowest BCUT2D eigenvalue weighted by molar-refractivity contribution is -0.134. The first kappa shape index (κ1) is 23.0. The van der Waals surface area contributed by atoms with E-state index in [0.717, 1.165) is 30.8 Å². The van der Waals surface area contributed by atoms with Gasteiger partial charge in [-0.2, -0.15) is 5.10 Å². The Labute approximate surface area is 197 Å². The van der Waals surface area contributed by atoms with Gasteiger partial charge in [-0.15, -0.1) is 0 Å².